The van der Waals surface area contributed by atoms with Gasteiger partial charge in [-0.05, 0) is 13.8 Å². The number of imide groups is 1. The smallest absolute Gasteiger partial charge is 0.258 e. The first kappa shape index (κ1) is 12.3. The molecular weight excluding hydrogens is 236 g/mol. The van der Waals surface area contributed by atoms with Gasteiger partial charge in [0.05, 0.1) is 11.3 Å². The molecule has 0 bridgehead atoms. The molecular formula is C11H14N4O3. The van der Waals surface area contributed by atoms with Gasteiger partial charge in [-0.25, -0.2) is 0 Å². The van der Waals surface area contributed by atoms with Crippen LogP contribution in [0.25, 0.3) is 0 Å². The molecule has 0 unspecified atom stereocenters. The van der Waals surface area contributed by atoms with Gasteiger partial charge in [-0.2, -0.15) is 5.10 Å². The van der Waals surface area contributed by atoms with E-state index in [0.717, 1.165) is 5.69 Å². The van der Waals surface area contributed by atoms with Crippen LogP contribution in [0.15, 0.2) is 0 Å². The fourth-order valence-corrected chi connectivity index (χ4v) is 2.02. The Morgan fingerprint density at radius 2 is 1.78 bits per heavy atom. The predicted octanol–water partition coefficient (Wildman–Crippen LogP) is -0.864. The zero-order valence-corrected chi connectivity index (χ0v) is 10.5. The summed E-state index contributed by atoms with van der Waals surface area (Å²) in [7, 11) is 1.74. The van der Waals surface area contributed by atoms with Crippen LogP contribution in [0.3, 0.4) is 0 Å². The summed E-state index contributed by atoms with van der Waals surface area (Å²) in [5, 5.41) is 6.31. The fourth-order valence-electron chi connectivity index (χ4n) is 2.02. The minimum Gasteiger partial charge on any atom is -0.320 e. The number of carbonyl (C=O) groups is 3. The van der Waals surface area contributed by atoms with Crippen LogP contribution < -0.4 is 5.32 Å². The highest BCUT2D eigenvalue weighted by atomic mass is 16.2. The van der Waals surface area contributed by atoms with Crippen molar-refractivity contribution in [1.29, 1.82) is 0 Å². The molecule has 1 N–H and O–H groups in total. The van der Waals surface area contributed by atoms with E-state index >= 15 is 0 Å². The molecule has 1 fully saturated rings. The fraction of sp³-hybridized carbons (Fsp3) is 0.455. The molecule has 18 heavy (non-hydrogen) atoms. The highest BCUT2D eigenvalue weighted by Gasteiger charge is 2.30. The van der Waals surface area contributed by atoms with E-state index in [9.17, 15) is 14.4 Å². The van der Waals surface area contributed by atoms with Crippen molar-refractivity contribution >= 4 is 17.7 Å². The monoisotopic (exact) mass is 250 g/mol. The Hall–Kier alpha value is -2.18. The molecule has 2 heterocycles. The normalized spacial score (nSPS) is 15.8. The topological polar surface area (TPSA) is 84.3 Å². The zero-order chi connectivity index (χ0) is 13.4. The number of amides is 3. The maximum Gasteiger partial charge on any atom is 0.258 e. The first-order valence-electron chi connectivity index (χ1n) is 5.52. The van der Waals surface area contributed by atoms with Gasteiger partial charge in [-0.15, -0.1) is 0 Å². The first-order valence-corrected chi connectivity index (χ1v) is 5.52. The summed E-state index contributed by atoms with van der Waals surface area (Å²) >= 11 is 0. The number of hydrogen-bond acceptors (Lipinski definition) is 4. The average molecular weight is 250 g/mol. The van der Waals surface area contributed by atoms with Crippen molar-refractivity contribution in [2.45, 2.75) is 13.8 Å². The van der Waals surface area contributed by atoms with Crippen molar-refractivity contribution in [3.05, 3.63) is 17.0 Å². The number of nitrogens with zero attached hydrogens (tertiary/aromatic N) is 3. The minimum atomic E-state index is -0.459. The second kappa shape index (κ2) is 4.25. The second-order valence-electron chi connectivity index (χ2n) is 4.30. The Morgan fingerprint density at radius 3 is 2.22 bits per heavy atom. The van der Waals surface area contributed by atoms with Gasteiger partial charge < -0.3 is 4.90 Å². The summed E-state index contributed by atoms with van der Waals surface area (Å²) in [6, 6.07) is 0. The van der Waals surface area contributed by atoms with Crippen LogP contribution in [-0.2, 0) is 16.6 Å². The van der Waals surface area contributed by atoms with Gasteiger partial charge in [-0.3, -0.25) is 24.4 Å². The van der Waals surface area contributed by atoms with Gasteiger partial charge in [0, 0.05) is 12.7 Å². The SMILES string of the molecule is Cc1nn(C)c(C)c1C(=O)N1CC(=O)NC(=O)C1. The van der Waals surface area contributed by atoms with Crippen molar-refractivity contribution in [2.75, 3.05) is 13.1 Å². The number of nitrogens with one attached hydrogen (secondary N) is 1. The van der Waals surface area contributed by atoms with Crippen LogP contribution in [0.4, 0.5) is 0 Å². The standard InChI is InChI=1S/C11H14N4O3/c1-6-10(7(2)14(3)13-6)11(18)15-4-8(16)12-9(17)5-15/h4-5H2,1-3H3,(H,12,16,17). The maximum atomic E-state index is 12.3. The summed E-state index contributed by atoms with van der Waals surface area (Å²) in [6.07, 6.45) is 0. The summed E-state index contributed by atoms with van der Waals surface area (Å²) in [6.45, 7) is 3.31. The highest BCUT2D eigenvalue weighted by molar-refractivity contribution is 6.06. The molecule has 7 nitrogen and oxygen atoms in total. The average Bonchev–Trinajstić information content (AvgIpc) is 2.51. The van der Waals surface area contributed by atoms with E-state index in [1.807, 2.05) is 0 Å². The number of rotatable bonds is 1. The molecule has 0 atom stereocenters. The summed E-state index contributed by atoms with van der Waals surface area (Å²) < 4.78 is 1.61. The van der Waals surface area contributed by atoms with E-state index in [1.165, 1.54) is 4.90 Å². The lowest BCUT2D eigenvalue weighted by Gasteiger charge is -2.25. The first-order chi connectivity index (χ1) is 8.40. The Labute approximate surface area is 104 Å². The van der Waals surface area contributed by atoms with Crippen molar-refractivity contribution in [3.8, 4) is 0 Å². The Balaban J connectivity index is 2.31. The lowest BCUT2D eigenvalue weighted by molar-refractivity contribution is -0.135. The maximum absolute atomic E-state index is 12.3. The van der Waals surface area contributed by atoms with E-state index in [4.69, 9.17) is 0 Å². The third kappa shape index (κ3) is 1.99. The van der Waals surface area contributed by atoms with E-state index in [0.29, 0.717) is 11.3 Å². The van der Waals surface area contributed by atoms with Crippen LogP contribution in [-0.4, -0.2) is 45.5 Å². The zero-order valence-electron chi connectivity index (χ0n) is 10.5. The Kier molecular flexibility index (Phi) is 2.90. The van der Waals surface area contributed by atoms with Gasteiger partial charge in [0.15, 0.2) is 0 Å². The molecule has 2 rings (SSSR count). The van der Waals surface area contributed by atoms with E-state index in [1.54, 1.807) is 25.6 Å². The molecule has 7 heteroatoms. The molecule has 1 saturated heterocycles. The van der Waals surface area contributed by atoms with Gasteiger partial charge in [0.1, 0.15) is 13.1 Å². The van der Waals surface area contributed by atoms with Gasteiger partial charge in [-0.1, -0.05) is 0 Å². The van der Waals surface area contributed by atoms with Crippen LogP contribution in [0, 0.1) is 13.8 Å². The molecule has 0 aliphatic carbocycles. The number of aromatic nitrogens is 2. The molecule has 1 aromatic heterocycles. The molecule has 0 aromatic carbocycles. The lowest BCUT2D eigenvalue weighted by atomic mass is 10.1. The Morgan fingerprint density at radius 1 is 1.22 bits per heavy atom. The quantitative estimate of drug-likeness (QED) is 0.657. The highest BCUT2D eigenvalue weighted by Crippen LogP contribution is 2.15. The molecule has 1 aromatic rings. The molecule has 1 aliphatic rings. The molecule has 3 amide bonds. The molecule has 0 saturated carbocycles. The summed E-state index contributed by atoms with van der Waals surface area (Å²) in [5.74, 6) is -1.25. The van der Waals surface area contributed by atoms with E-state index < -0.39 is 11.8 Å². The van der Waals surface area contributed by atoms with E-state index in [-0.39, 0.29) is 19.0 Å². The third-order valence-electron chi connectivity index (χ3n) is 2.96. The van der Waals surface area contributed by atoms with Gasteiger partial charge in [0.25, 0.3) is 5.91 Å². The van der Waals surface area contributed by atoms with Crippen molar-refractivity contribution in [2.24, 2.45) is 7.05 Å². The third-order valence-corrected chi connectivity index (χ3v) is 2.96. The second-order valence-corrected chi connectivity index (χ2v) is 4.30. The number of hydrogen-bond donors (Lipinski definition) is 1. The molecule has 96 valence electrons. The summed E-state index contributed by atoms with van der Waals surface area (Å²) in [5.41, 5.74) is 1.77. The van der Waals surface area contributed by atoms with E-state index in [2.05, 4.69) is 10.4 Å². The van der Waals surface area contributed by atoms with Crippen LogP contribution in [0.1, 0.15) is 21.7 Å². The molecule has 0 spiro atoms. The predicted molar refractivity (Wildman–Crippen MR) is 61.7 cm³/mol. The van der Waals surface area contributed by atoms with Gasteiger partial charge in [0.2, 0.25) is 11.8 Å². The Bertz CT molecular complexity index is 531. The van der Waals surface area contributed by atoms with Crippen molar-refractivity contribution in [1.82, 2.24) is 20.0 Å². The minimum absolute atomic E-state index is 0.0989. The number of carbonyl (C=O) groups excluding carboxylic acids is 3. The van der Waals surface area contributed by atoms with Gasteiger partial charge >= 0.3 is 0 Å². The summed E-state index contributed by atoms with van der Waals surface area (Å²) in [4.78, 5) is 36.0. The van der Waals surface area contributed by atoms with Crippen molar-refractivity contribution < 1.29 is 14.4 Å². The number of aryl methyl sites for hydroxylation is 2. The van der Waals surface area contributed by atoms with Crippen LogP contribution in [0.5, 0.6) is 0 Å². The lowest BCUT2D eigenvalue weighted by Crippen LogP contribution is -2.53. The number of piperazine rings is 1. The molecule has 1 aliphatic heterocycles. The van der Waals surface area contributed by atoms with Crippen molar-refractivity contribution in [3.63, 3.8) is 0 Å². The largest absolute Gasteiger partial charge is 0.320 e. The molecule has 0 radical (unpaired) electrons. The van der Waals surface area contributed by atoms with Crippen LogP contribution in [0.2, 0.25) is 0 Å². The van der Waals surface area contributed by atoms with Crippen LogP contribution >= 0.6 is 0 Å².